The molecule has 4 aromatic rings. The van der Waals surface area contributed by atoms with Crippen LogP contribution in [0.15, 0.2) is 65.4 Å². The fourth-order valence-electron chi connectivity index (χ4n) is 5.98. The van der Waals surface area contributed by atoms with Gasteiger partial charge in [0.15, 0.2) is 0 Å². The number of aryl methyl sites for hydroxylation is 1. The molecule has 1 amide bonds. The van der Waals surface area contributed by atoms with Crippen LogP contribution in [0.5, 0.6) is 0 Å². The first-order chi connectivity index (χ1) is 20.0. The number of rotatable bonds is 8. The normalized spacial score (nSPS) is 21.0. The Bertz CT molecular complexity index is 1490. The molecule has 0 spiro atoms. The van der Waals surface area contributed by atoms with Gasteiger partial charge in [-0.3, -0.25) is 4.79 Å². The molecule has 3 aromatic heterocycles. The van der Waals surface area contributed by atoms with E-state index in [2.05, 4.69) is 36.7 Å². The molecule has 0 bridgehead atoms. The molecule has 1 aromatic carbocycles. The number of amides is 1. The number of pyridine rings is 2. The molecular weight excluding hydrogens is 516 g/mol. The number of carbonyl (C=O) groups is 1. The zero-order valence-corrected chi connectivity index (χ0v) is 23.3. The smallest absolute Gasteiger partial charge is 0.248 e. The van der Waals surface area contributed by atoms with Crippen molar-refractivity contribution < 1.29 is 9.32 Å². The van der Waals surface area contributed by atoms with Crippen molar-refractivity contribution in [2.45, 2.75) is 63.6 Å². The lowest BCUT2D eigenvalue weighted by Crippen LogP contribution is -2.55. The van der Waals surface area contributed by atoms with Gasteiger partial charge in [-0.15, -0.1) is 0 Å². The third-order valence-corrected chi connectivity index (χ3v) is 8.07. The molecule has 10 nitrogen and oxygen atoms in total. The van der Waals surface area contributed by atoms with Crippen LogP contribution >= 0.6 is 0 Å². The van der Waals surface area contributed by atoms with Gasteiger partial charge in [-0.05, 0) is 73.2 Å². The highest BCUT2D eigenvalue weighted by molar-refractivity contribution is 5.94. The third-order valence-electron chi connectivity index (χ3n) is 8.07. The fourth-order valence-corrected chi connectivity index (χ4v) is 5.98. The van der Waals surface area contributed by atoms with Gasteiger partial charge in [0.25, 0.3) is 0 Å². The highest BCUT2D eigenvalue weighted by Crippen LogP contribution is 2.27. The number of primary amides is 1. The average Bonchev–Trinajstić information content (AvgIpc) is 3.45. The Hall–Kier alpha value is -4.31. The molecule has 10 heteroatoms. The largest absolute Gasteiger partial charge is 0.366 e. The highest BCUT2D eigenvalue weighted by Gasteiger charge is 2.30. The van der Waals surface area contributed by atoms with Crippen LogP contribution in [-0.4, -0.2) is 57.2 Å². The predicted molar refractivity (Wildman–Crippen MR) is 158 cm³/mol. The van der Waals surface area contributed by atoms with E-state index >= 15 is 0 Å². The summed E-state index contributed by atoms with van der Waals surface area (Å²) < 4.78 is 5.10. The number of nitrogens with two attached hydrogens (primary N) is 1. The number of benzene rings is 1. The molecule has 4 N–H and O–H groups in total. The van der Waals surface area contributed by atoms with E-state index in [-0.39, 0.29) is 6.04 Å². The van der Waals surface area contributed by atoms with E-state index in [4.69, 9.17) is 15.2 Å². The maximum atomic E-state index is 11.7. The number of hydrogen-bond donors (Lipinski definition) is 3. The van der Waals surface area contributed by atoms with E-state index in [1.54, 1.807) is 13.0 Å². The molecule has 212 valence electrons. The van der Waals surface area contributed by atoms with Crippen molar-refractivity contribution in [3.8, 4) is 22.5 Å². The summed E-state index contributed by atoms with van der Waals surface area (Å²) in [5.74, 6) is 2.50. The Morgan fingerprint density at radius 3 is 2.61 bits per heavy atom. The van der Waals surface area contributed by atoms with Crippen molar-refractivity contribution in [1.29, 1.82) is 0 Å². The van der Waals surface area contributed by atoms with E-state index in [0.29, 0.717) is 29.4 Å². The summed E-state index contributed by atoms with van der Waals surface area (Å²) in [6.07, 6.45) is 10.5. The summed E-state index contributed by atoms with van der Waals surface area (Å²) in [5.41, 5.74) is 8.79. The molecule has 41 heavy (non-hydrogen) atoms. The molecule has 6 rings (SSSR count). The van der Waals surface area contributed by atoms with Crippen molar-refractivity contribution in [3.63, 3.8) is 0 Å². The van der Waals surface area contributed by atoms with Crippen LogP contribution in [0, 0.1) is 6.92 Å². The molecule has 2 aliphatic rings. The molecule has 4 heterocycles. The molecule has 1 aliphatic heterocycles. The number of aromatic nitrogens is 4. The molecule has 0 radical (unpaired) electrons. The highest BCUT2D eigenvalue weighted by atomic mass is 16.5. The van der Waals surface area contributed by atoms with E-state index in [9.17, 15) is 4.79 Å². The van der Waals surface area contributed by atoms with Gasteiger partial charge in [0.2, 0.25) is 17.6 Å². The number of nitrogens with zero attached hydrogens (tertiary/aromatic N) is 5. The fraction of sp³-hybridized carbons (Fsp3) is 0.387. The number of carbonyl (C=O) groups excluding carboxylic acids is 1. The van der Waals surface area contributed by atoms with Crippen LogP contribution in [-0.2, 0) is 0 Å². The number of nitrogens with one attached hydrogen (secondary N) is 2. The molecule has 1 saturated heterocycles. The molecule has 2 fully saturated rings. The van der Waals surface area contributed by atoms with Crippen LogP contribution in [0.4, 0.5) is 11.6 Å². The summed E-state index contributed by atoms with van der Waals surface area (Å²) in [6, 6.07) is 16.5. The lowest BCUT2D eigenvalue weighted by molar-refractivity contribution is 0.100. The van der Waals surface area contributed by atoms with Crippen molar-refractivity contribution in [1.82, 2.24) is 25.4 Å². The van der Waals surface area contributed by atoms with E-state index < -0.39 is 5.91 Å². The molecule has 3 atom stereocenters. The maximum Gasteiger partial charge on any atom is 0.248 e. The topological polar surface area (TPSA) is 135 Å². The minimum absolute atomic E-state index is 0.287. The third kappa shape index (κ3) is 6.38. The van der Waals surface area contributed by atoms with Gasteiger partial charge in [-0.2, -0.15) is 4.98 Å². The first kappa shape index (κ1) is 26.9. The van der Waals surface area contributed by atoms with Crippen LogP contribution in [0.25, 0.3) is 22.5 Å². The van der Waals surface area contributed by atoms with Crippen molar-refractivity contribution in [2.75, 3.05) is 23.3 Å². The summed E-state index contributed by atoms with van der Waals surface area (Å²) in [4.78, 5) is 27.7. The second kappa shape index (κ2) is 12.1. The second-order valence-electron chi connectivity index (χ2n) is 11.0. The van der Waals surface area contributed by atoms with Gasteiger partial charge in [0, 0.05) is 61.7 Å². The van der Waals surface area contributed by atoms with E-state index in [1.165, 1.54) is 12.8 Å². The summed E-state index contributed by atoms with van der Waals surface area (Å²) in [5, 5.41) is 11.7. The minimum atomic E-state index is -0.427. The van der Waals surface area contributed by atoms with Gasteiger partial charge in [0.1, 0.15) is 11.6 Å². The first-order valence-corrected chi connectivity index (χ1v) is 14.4. The monoisotopic (exact) mass is 552 g/mol. The van der Waals surface area contributed by atoms with Gasteiger partial charge in [-0.25, -0.2) is 9.97 Å². The van der Waals surface area contributed by atoms with Gasteiger partial charge in [0.05, 0.1) is 0 Å². The van der Waals surface area contributed by atoms with Crippen LogP contribution in [0.2, 0.25) is 0 Å². The van der Waals surface area contributed by atoms with Crippen LogP contribution in [0.1, 0.15) is 54.8 Å². The summed E-state index contributed by atoms with van der Waals surface area (Å²) >= 11 is 0. The Balaban J connectivity index is 1.10. The van der Waals surface area contributed by atoms with Crippen molar-refractivity contribution in [3.05, 3.63) is 72.4 Å². The van der Waals surface area contributed by atoms with E-state index in [1.807, 2.05) is 48.8 Å². The van der Waals surface area contributed by atoms with Crippen LogP contribution < -0.4 is 21.3 Å². The molecule has 1 saturated carbocycles. The molecular formula is C31H36N8O2. The lowest BCUT2D eigenvalue weighted by Gasteiger charge is -2.40. The van der Waals surface area contributed by atoms with Gasteiger partial charge >= 0.3 is 0 Å². The molecule has 0 unspecified atom stereocenters. The number of piperidine rings is 1. The van der Waals surface area contributed by atoms with Crippen LogP contribution in [0.3, 0.4) is 0 Å². The van der Waals surface area contributed by atoms with Gasteiger partial charge in [-0.1, -0.05) is 30.1 Å². The number of hydrogen-bond acceptors (Lipinski definition) is 9. The Morgan fingerprint density at radius 2 is 1.83 bits per heavy atom. The first-order valence-electron chi connectivity index (χ1n) is 14.4. The summed E-state index contributed by atoms with van der Waals surface area (Å²) in [6.45, 7) is 3.69. The average molecular weight is 553 g/mol. The lowest BCUT2D eigenvalue weighted by atomic mass is 9.89. The second-order valence-corrected chi connectivity index (χ2v) is 11.0. The predicted octanol–water partition coefficient (Wildman–Crippen LogP) is 4.58. The van der Waals surface area contributed by atoms with E-state index in [0.717, 1.165) is 67.1 Å². The van der Waals surface area contributed by atoms with Crippen molar-refractivity contribution in [2.24, 2.45) is 5.73 Å². The zero-order chi connectivity index (χ0) is 28.2. The number of anilines is 2. The summed E-state index contributed by atoms with van der Waals surface area (Å²) in [7, 11) is 0. The Kier molecular flexibility index (Phi) is 7.91. The zero-order valence-electron chi connectivity index (χ0n) is 23.3. The quantitative estimate of drug-likeness (QED) is 0.287. The minimum Gasteiger partial charge on any atom is -0.366 e. The Morgan fingerprint density at radius 1 is 0.976 bits per heavy atom. The SMILES string of the molecule is Cc1nc(-c2ccc(N3CCC[C@H](N[C@@H]4CCCC[C@H]4Nc4cc(-c5cccc(C(N)=O)c5)ccn4)C3)nc2)no1. The maximum absolute atomic E-state index is 11.7. The standard InChI is InChI=1S/C31H36N8O2/c1-20-35-31(38-41-20)24-11-12-29(34-18-24)39-15-5-8-25(19-39)36-26-9-2-3-10-27(26)37-28-17-22(13-14-33-28)21-6-4-7-23(16-21)30(32)40/h4,6-7,11-14,16-18,25-27,36H,2-3,5,8-10,15,19H2,1H3,(H2,32,40)(H,33,37)/t25-,26+,27+/m0/s1. The Labute approximate surface area is 239 Å². The van der Waals surface area contributed by atoms with Gasteiger partial charge < -0.3 is 25.8 Å². The molecule has 1 aliphatic carbocycles. The van der Waals surface area contributed by atoms with Crippen molar-refractivity contribution >= 4 is 17.5 Å².